The first-order valence-corrected chi connectivity index (χ1v) is 8.18. The second-order valence-electron chi connectivity index (χ2n) is 6.05. The van der Waals surface area contributed by atoms with Crippen LogP contribution in [0.3, 0.4) is 0 Å². The van der Waals surface area contributed by atoms with Crippen LogP contribution in [0.1, 0.15) is 31.0 Å². The Kier molecular flexibility index (Phi) is 6.82. The molecule has 0 unspecified atom stereocenters. The quantitative estimate of drug-likeness (QED) is 0.752. The van der Waals surface area contributed by atoms with Crippen LogP contribution in [0.2, 0.25) is 0 Å². The van der Waals surface area contributed by atoms with Crippen molar-refractivity contribution in [3.63, 3.8) is 0 Å². The van der Waals surface area contributed by atoms with E-state index in [0.29, 0.717) is 19.8 Å². The van der Waals surface area contributed by atoms with Gasteiger partial charge >= 0.3 is 0 Å². The van der Waals surface area contributed by atoms with Crippen LogP contribution in [0.15, 0.2) is 6.20 Å². The Labute approximate surface area is 132 Å². The molecule has 0 bridgehead atoms. The summed E-state index contributed by atoms with van der Waals surface area (Å²) in [6.07, 6.45) is 3.74. The highest BCUT2D eigenvalue weighted by molar-refractivity contribution is 5.15. The molecule has 1 aromatic heterocycles. The summed E-state index contributed by atoms with van der Waals surface area (Å²) in [6, 6.07) is 0. The third kappa shape index (κ3) is 4.52. The van der Waals surface area contributed by atoms with E-state index in [9.17, 15) is 5.11 Å². The molecule has 126 valence electrons. The van der Waals surface area contributed by atoms with Gasteiger partial charge in [-0.2, -0.15) is 5.10 Å². The molecule has 0 radical (unpaired) electrons. The van der Waals surface area contributed by atoms with Gasteiger partial charge in [-0.05, 0) is 13.3 Å². The standard InChI is InChI=1S/C16H29N3O3/c1-4-5-6-19-9-13(12(2)18-19)7-17-8-14-10-22-11-15(21-3)16(14)20/h9,14-17,20H,4-8,10-11H2,1-3H3/t14-,15-,16+/m1/s1. The number of hydrogen-bond donors (Lipinski definition) is 2. The summed E-state index contributed by atoms with van der Waals surface area (Å²) in [7, 11) is 1.61. The summed E-state index contributed by atoms with van der Waals surface area (Å²) in [5.41, 5.74) is 2.28. The molecule has 1 saturated heterocycles. The molecule has 0 spiro atoms. The van der Waals surface area contributed by atoms with Crippen LogP contribution in [0.5, 0.6) is 0 Å². The fraction of sp³-hybridized carbons (Fsp3) is 0.812. The molecule has 1 fully saturated rings. The van der Waals surface area contributed by atoms with Crippen molar-refractivity contribution >= 4 is 0 Å². The minimum Gasteiger partial charge on any atom is -0.390 e. The molecule has 1 aliphatic rings. The predicted molar refractivity (Wildman–Crippen MR) is 84.7 cm³/mol. The van der Waals surface area contributed by atoms with Crippen molar-refractivity contribution < 1.29 is 14.6 Å². The molecule has 0 aliphatic carbocycles. The molecule has 6 heteroatoms. The van der Waals surface area contributed by atoms with Gasteiger partial charge in [0.15, 0.2) is 0 Å². The topological polar surface area (TPSA) is 68.5 Å². The number of nitrogens with zero attached hydrogens (tertiary/aromatic N) is 2. The lowest BCUT2D eigenvalue weighted by atomic mass is 9.96. The first-order valence-electron chi connectivity index (χ1n) is 8.18. The Morgan fingerprint density at radius 3 is 3.05 bits per heavy atom. The molecular formula is C16H29N3O3. The predicted octanol–water partition coefficient (Wildman–Crippen LogP) is 1.10. The Hall–Kier alpha value is -0.950. The van der Waals surface area contributed by atoms with Crippen molar-refractivity contribution in [1.82, 2.24) is 15.1 Å². The van der Waals surface area contributed by atoms with Crippen molar-refractivity contribution in [2.45, 2.75) is 52.0 Å². The van der Waals surface area contributed by atoms with Crippen molar-refractivity contribution in [2.75, 3.05) is 26.9 Å². The van der Waals surface area contributed by atoms with E-state index in [-0.39, 0.29) is 12.0 Å². The van der Waals surface area contributed by atoms with Crippen LogP contribution in [0, 0.1) is 12.8 Å². The first-order chi connectivity index (χ1) is 10.7. The van der Waals surface area contributed by atoms with E-state index >= 15 is 0 Å². The van der Waals surface area contributed by atoms with Gasteiger partial charge in [-0.25, -0.2) is 0 Å². The zero-order valence-corrected chi connectivity index (χ0v) is 13.9. The summed E-state index contributed by atoms with van der Waals surface area (Å²) in [5.74, 6) is 0.0640. The number of aliphatic hydroxyl groups excluding tert-OH is 1. The highest BCUT2D eigenvalue weighted by Crippen LogP contribution is 2.17. The van der Waals surface area contributed by atoms with E-state index in [1.54, 1.807) is 7.11 Å². The minimum absolute atomic E-state index is 0.0640. The fourth-order valence-corrected chi connectivity index (χ4v) is 2.78. The fourth-order valence-electron chi connectivity index (χ4n) is 2.78. The van der Waals surface area contributed by atoms with E-state index in [4.69, 9.17) is 9.47 Å². The number of nitrogens with one attached hydrogen (secondary N) is 1. The van der Waals surface area contributed by atoms with Crippen molar-refractivity contribution in [3.8, 4) is 0 Å². The number of ether oxygens (including phenoxy) is 2. The summed E-state index contributed by atoms with van der Waals surface area (Å²) in [4.78, 5) is 0. The lowest BCUT2D eigenvalue weighted by molar-refractivity contribution is -0.133. The van der Waals surface area contributed by atoms with E-state index in [0.717, 1.165) is 25.2 Å². The number of aryl methyl sites for hydroxylation is 2. The van der Waals surface area contributed by atoms with Gasteiger partial charge in [-0.1, -0.05) is 13.3 Å². The molecule has 1 aromatic rings. The van der Waals surface area contributed by atoms with E-state index < -0.39 is 6.10 Å². The normalized spacial score (nSPS) is 25.5. The van der Waals surface area contributed by atoms with Gasteiger partial charge in [-0.3, -0.25) is 4.68 Å². The number of methoxy groups -OCH3 is 1. The van der Waals surface area contributed by atoms with E-state index in [1.807, 2.05) is 11.6 Å². The van der Waals surface area contributed by atoms with Gasteiger partial charge in [0.1, 0.15) is 6.10 Å². The maximum Gasteiger partial charge on any atom is 0.107 e. The van der Waals surface area contributed by atoms with Gasteiger partial charge in [0, 0.05) is 44.4 Å². The second-order valence-corrected chi connectivity index (χ2v) is 6.05. The third-order valence-corrected chi connectivity index (χ3v) is 4.29. The number of hydrogen-bond acceptors (Lipinski definition) is 5. The maximum atomic E-state index is 10.2. The monoisotopic (exact) mass is 311 g/mol. The number of rotatable bonds is 8. The van der Waals surface area contributed by atoms with Crippen LogP contribution in [-0.4, -0.2) is 54.0 Å². The van der Waals surface area contributed by atoms with Gasteiger partial charge in [0.2, 0.25) is 0 Å². The molecule has 2 rings (SSSR count). The highest BCUT2D eigenvalue weighted by Gasteiger charge is 2.32. The van der Waals surface area contributed by atoms with Crippen LogP contribution in [0.25, 0.3) is 0 Å². The lowest BCUT2D eigenvalue weighted by Crippen LogP contribution is -2.48. The summed E-state index contributed by atoms with van der Waals surface area (Å²) < 4.78 is 12.8. The zero-order valence-electron chi connectivity index (χ0n) is 13.9. The summed E-state index contributed by atoms with van der Waals surface area (Å²) >= 11 is 0. The SMILES string of the molecule is CCCCn1cc(CNC[C@@H]2COC[C@@H](OC)[C@H]2O)c(C)n1. The van der Waals surface area contributed by atoms with Crippen molar-refractivity contribution in [2.24, 2.45) is 5.92 Å². The zero-order chi connectivity index (χ0) is 15.9. The van der Waals surface area contributed by atoms with Gasteiger partial charge in [-0.15, -0.1) is 0 Å². The first kappa shape index (κ1) is 17.4. The molecule has 6 nitrogen and oxygen atoms in total. The van der Waals surface area contributed by atoms with Crippen molar-refractivity contribution in [3.05, 3.63) is 17.5 Å². The van der Waals surface area contributed by atoms with Gasteiger partial charge in [0.25, 0.3) is 0 Å². The van der Waals surface area contributed by atoms with Crippen LogP contribution in [-0.2, 0) is 22.6 Å². The molecule has 3 atom stereocenters. The van der Waals surface area contributed by atoms with Crippen LogP contribution < -0.4 is 5.32 Å². The molecule has 1 aliphatic heterocycles. The van der Waals surface area contributed by atoms with E-state index in [1.165, 1.54) is 12.0 Å². The Morgan fingerprint density at radius 2 is 2.32 bits per heavy atom. The number of unbranched alkanes of at least 4 members (excludes halogenated alkanes) is 1. The Bertz CT molecular complexity index is 450. The average Bonchev–Trinajstić information content (AvgIpc) is 2.87. The molecule has 22 heavy (non-hydrogen) atoms. The number of aromatic nitrogens is 2. The Morgan fingerprint density at radius 1 is 1.50 bits per heavy atom. The minimum atomic E-state index is -0.473. The Balaban J connectivity index is 1.79. The molecule has 0 aromatic carbocycles. The smallest absolute Gasteiger partial charge is 0.107 e. The molecule has 2 N–H and O–H groups in total. The lowest BCUT2D eigenvalue weighted by Gasteiger charge is -2.33. The van der Waals surface area contributed by atoms with Crippen molar-refractivity contribution in [1.29, 1.82) is 0 Å². The number of aliphatic hydroxyl groups is 1. The third-order valence-electron chi connectivity index (χ3n) is 4.29. The largest absolute Gasteiger partial charge is 0.390 e. The van der Waals surface area contributed by atoms with Crippen LogP contribution in [0.4, 0.5) is 0 Å². The summed E-state index contributed by atoms with van der Waals surface area (Å²) in [5, 5.41) is 18.2. The van der Waals surface area contributed by atoms with E-state index in [2.05, 4.69) is 23.5 Å². The molecular weight excluding hydrogens is 282 g/mol. The van der Waals surface area contributed by atoms with Crippen LogP contribution >= 0.6 is 0 Å². The average molecular weight is 311 g/mol. The highest BCUT2D eigenvalue weighted by atomic mass is 16.5. The van der Waals surface area contributed by atoms with Gasteiger partial charge in [0.05, 0.1) is 25.0 Å². The molecule has 0 saturated carbocycles. The maximum absolute atomic E-state index is 10.2. The van der Waals surface area contributed by atoms with Gasteiger partial charge < -0.3 is 19.9 Å². The molecule has 0 amide bonds. The second kappa shape index (κ2) is 8.62. The molecule has 2 heterocycles. The summed E-state index contributed by atoms with van der Waals surface area (Å²) in [6.45, 7) is 7.71.